The molecular formula is C25H28N6O3S. The Balaban J connectivity index is 1.26. The number of hydrogen-bond donors (Lipinski definition) is 0. The number of fused-ring (bicyclic) bond motifs is 3. The van der Waals surface area contributed by atoms with E-state index in [0.717, 1.165) is 30.7 Å². The van der Waals surface area contributed by atoms with Crippen molar-refractivity contribution in [1.29, 1.82) is 0 Å². The van der Waals surface area contributed by atoms with Gasteiger partial charge in [0.15, 0.2) is 5.78 Å². The minimum atomic E-state index is -0.0341. The summed E-state index contributed by atoms with van der Waals surface area (Å²) in [5.74, 6) is 1.39. The number of aryl methyl sites for hydroxylation is 2. The van der Waals surface area contributed by atoms with Gasteiger partial charge in [-0.05, 0) is 49.1 Å². The molecule has 0 radical (unpaired) electrons. The van der Waals surface area contributed by atoms with Gasteiger partial charge in [0.2, 0.25) is 11.7 Å². The molecule has 9 nitrogen and oxygen atoms in total. The quantitative estimate of drug-likeness (QED) is 0.368. The molecule has 1 fully saturated rings. The summed E-state index contributed by atoms with van der Waals surface area (Å²) in [5.41, 5.74) is 2.54. The van der Waals surface area contributed by atoms with E-state index in [1.165, 1.54) is 11.3 Å². The van der Waals surface area contributed by atoms with E-state index in [4.69, 9.17) is 0 Å². The van der Waals surface area contributed by atoms with Crippen molar-refractivity contribution >= 4 is 44.7 Å². The van der Waals surface area contributed by atoms with E-state index in [1.54, 1.807) is 11.5 Å². The van der Waals surface area contributed by atoms with E-state index < -0.39 is 0 Å². The zero-order valence-corrected chi connectivity index (χ0v) is 20.8. The van der Waals surface area contributed by atoms with Crippen LogP contribution in [0.3, 0.4) is 0 Å². The normalized spacial score (nSPS) is 14.2. The molecule has 182 valence electrons. The Morgan fingerprint density at radius 3 is 2.46 bits per heavy atom. The smallest absolute Gasteiger partial charge is 0.272 e. The van der Waals surface area contributed by atoms with Gasteiger partial charge in [-0.25, -0.2) is 0 Å². The van der Waals surface area contributed by atoms with Crippen LogP contribution in [-0.2, 0) is 17.8 Å². The molecule has 0 unspecified atom stereocenters. The molecule has 10 heteroatoms. The number of amides is 1. The van der Waals surface area contributed by atoms with Gasteiger partial charge in [0.1, 0.15) is 10.5 Å². The molecule has 1 saturated heterocycles. The zero-order chi connectivity index (χ0) is 24.5. The van der Waals surface area contributed by atoms with Crippen LogP contribution >= 0.6 is 11.3 Å². The van der Waals surface area contributed by atoms with Crippen LogP contribution in [0.4, 0.5) is 5.69 Å². The minimum Gasteiger partial charge on any atom is -0.368 e. The fraction of sp³-hybridized carbons (Fsp3) is 0.400. The Hall–Kier alpha value is -3.53. The molecule has 4 heterocycles. The molecule has 0 N–H and O–H groups in total. The van der Waals surface area contributed by atoms with Crippen molar-refractivity contribution < 1.29 is 9.59 Å². The summed E-state index contributed by atoms with van der Waals surface area (Å²) in [6.07, 6.45) is 1.62. The number of benzene rings is 1. The van der Waals surface area contributed by atoms with Crippen LogP contribution in [0.1, 0.15) is 42.9 Å². The van der Waals surface area contributed by atoms with Gasteiger partial charge in [0, 0.05) is 56.8 Å². The summed E-state index contributed by atoms with van der Waals surface area (Å²) >= 11 is 1.42. The van der Waals surface area contributed by atoms with Gasteiger partial charge in [-0.15, -0.1) is 21.5 Å². The van der Waals surface area contributed by atoms with E-state index >= 15 is 0 Å². The number of hydrogen-bond acceptors (Lipinski definition) is 7. The van der Waals surface area contributed by atoms with Crippen molar-refractivity contribution in [3.8, 4) is 0 Å². The van der Waals surface area contributed by atoms with Crippen molar-refractivity contribution in [2.75, 3.05) is 31.1 Å². The van der Waals surface area contributed by atoms with E-state index in [-0.39, 0.29) is 17.2 Å². The van der Waals surface area contributed by atoms with Crippen LogP contribution in [-0.4, -0.2) is 61.9 Å². The van der Waals surface area contributed by atoms with Gasteiger partial charge < -0.3 is 9.80 Å². The number of piperazine rings is 1. The average molecular weight is 493 g/mol. The number of thiophene rings is 1. The first kappa shape index (κ1) is 23.2. The number of carbonyl (C=O) groups is 2. The van der Waals surface area contributed by atoms with Gasteiger partial charge in [-0.2, -0.15) is 0 Å². The van der Waals surface area contributed by atoms with Crippen LogP contribution in [0.5, 0.6) is 0 Å². The molecular weight excluding hydrogens is 464 g/mol. The van der Waals surface area contributed by atoms with Gasteiger partial charge >= 0.3 is 0 Å². The maximum atomic E-state index is 13.0. The highest BCUT2D eigenvalue weighted by Crippen LogP contribution is 2.21. The van der Waals surface area contributed by atoms with Gasteiger partial charge in [0.05, 0.1) is 5.52 Å². The van der Waals surface area contributed by atoms with Crippen LogP contribution < -0.4 is 10.5 Å². The SMILES string of the molecule is CCCn1c(=O)c2sccc2n2c(CCC(=O)N3CCN(c4ccc(C(C)=O)cc4)CC3)nnc12. The van der Waals surface area contributed by atoms with Crippen LogP contribution in [0.2, 0.25) is 0 Å². The van der Waals surface area contributed by atoms with Crippen LogP contribution in [0, 0.1) is 0 Å². The average Bonchev–Trinajstić information content (AvgIpc) is 3.52. The number of Topliss-reactive ketones (excluding diaryl/α,β-unsaturated/α-hetero) is 1. The van der Waals surface area contributed by atoms with Crippen LogP contribution in [0.25, 0.3) is 16.0 Å². The highest BCUT2D eigenvalue weighted by atomic mass is 32.1. The van der Waals surface area contributed by atoms with Crippen molar-refractivity contribution in [3.05, 3.63) is 57.5 Å². The minimum absolute atomic E-state index is 0.0341. The monoisotopic (exact) mass is 492 g/mol. The zero-order valence-electron chi connectivity index (χ0n) is 19.9. The highest BCUT2D eigenvalue weighted by Gasteiger charge is 2.23. The lowest BCUT2D eigenvalue weighted by Crippen LogP contribution is -2.48. The molecule has 1 amide bonds. The van der Waals surface area contributed by atoms with Gasteiger partial charge in [-0.1, -0.05) is 6.92 Å². The maximum absolute atomic E-state index is 13.0. The fourth-order valence-corrected chi connectivity index (χ4v) is 5.49. The molecule has 5 rings (SSSR count). The molecule has 0 atom stereocenters. The molecule has 35 heavy (non-hydrogen) atoms. The third-order valence-electron chi connectivity index (χ3n) is 6.56. The molecule has 3 aromatic heterocycles. The van der Waals surface area contributed by atoms with Crippen molar-refractivity contribution in [3.63, 3.8) is 0 Å². The second kappa shape index (κ2) is 9.61. The van der Waals surface area contributed by atoms with E-state index in [0.29, 0.717) is 54.3 Å². The maximum Gasteiger partial charge on any atom is 0.272 e. The lowest BCUT2D eigenvalue weighted by atomic mass is 10.1. The van der Waals surface area contributed by atoms with Gasteiger partial charge in [0.25, 0.3) is 5.56 Å². The largest absolute Gasteiger partial charge is 0.368 e. The molecule has 0 bridgehead atoms. The molecule has 0 spiro atoms. The topological polar surface area (TPSA) is 92.8 Å². The lowest BCUT2D eigenvalue weighted by molar-refractivity contribution is -0.131. The summed E-state index contributed by atoms with van der Waals surface area (Å²) in [5, 5.41) is 10.6. The molecule has 1 aliphatic rings. The van der Waals surface area contributed by atoms with Crippen molar-refractivity contribution in [2.45, 2.75) is 39.7 Å². The third-order valence-corrected chi connectivity index (χ3v) is 7.45. The fourth-order valence-electron chi connectivity index (χ4n) is 4.67. The van der Waals surface area contributed by atoms with E-state index in [1.807, 2.05) is 51.9 Å². The van der Waals surface area contributed by atoms with Crippen LogP contribution in [0.15, 0.2) is 40.5 Å². The summed E-state index contributed by atoms with van der Waals surface area (Å²) in [4.78, 5) is 41.5. The van der Waals surface area contributed by atoms with Crippen molar-refractivity contribution in [2.24, 2.45) is 0 Å². The predicted octanol–water partition coefficient (Wildman–Crippen LogP) is 3.00. The first-order valence-corrected chi connectivity index (χ1v) is 12.8. The summed E-state index contributed by atoms with van der Waals surface area (Å²) in [6, 6.07) is 9.55. The summed E-state index contributed by atoms with van der Waals surface area (Å²) in [7, 11) is 0. The summed E-state index contributed by atoms with van der Waals surface area (Å²) < 4.78 is 4.30. The lowest BCUT2D eigenvalue weighted by Gasteiger charge is -2.36. The standard InChI is InChI=1S/C25H28N6O3S/c1-3-11-30-24(34)23-20(10-16-35-23)31-21(26-27-25(30)31)8-9-22(33)29-14-12-28(13-15-29)19-6-4-18(5-7-19)17(2)32/h4-7,10,16H,3,8-9,11-15H2,1-2H3. The Morgan fingerprint density at radius 1 is 1.03 bits per heavy atom. The third kappa shape index (κ3) is 4.34. The number of carbonyl (C=O) groups excluding carboxylic acids is 2. The molecule has 0 saturated carbocycles. The first-order valence-electron chi connectivity index (χ1n) is 12.0. The molecule has 1 aliphatic heterocycles. The number of aromatic nitrogens is 4. The highest BCUT2D eigenvalue weighted by molar-refractivity contribution is 7.17. The number of rotatable bonds is 7. The Kier molecular flexibility index (Phi) is 6.38. The molecule has 4 aromatic rings. The second-order valence-electron chi connectivity index (χ2n) is 8.81. The Morgan fingerprint density at radius 2 is 1.77 bits per heavy atom. The van der Waals surface area contributed by atoms with Gasteiger partial charge in [-0.3, -0.25) is 23.4 Å². The Bertz CT molecular complexity index is 1440. The molecule has 1 aromatic carbocycles. The van der Waals surface area contributed by atoms with E-state index in [9.17, 15) is 14.4 Å². The number of anilines is 1. The number of ketones is 1. The first-order chi connectivity index (χ1) is 17.0. The number of nitrogens with zero attached hydrogens (tertiary/aromatic N) is 6. The van der Waals surface area contributed by atoms with Crippen molar-refractivity contribution in [1.82, 2.24) is 24.1 Å². The Labute approximate surface area is 206 Å². The molecule has 0 aliphatic carbocycles. The summed E-state index contributed by atoms with van der Waals surface area (Å²) in [6.45, 7) is 6.97. The van der Waals surface area contributed by atoms with E-state index in [2.05, 4.69) is 15.1 Å². The predicted molar refractivity (Wildman–Crippen MR) is 136 cm³/mol. The second-order valence-corrected chi connectivity index (χ2v) is 9.73.